The van der Waals surface area contributed by atoms with Gasteiger partial charge >= 0.3 is 0 Å². The molecule has 3 heteroatoms. The van der Waals surface area contributed by atoms with Gasteiger partial charge in [0.05, 0.1) is 0 Å². The Morgan fingerprint density at radius 3 is 2.94 bits per heavy atom. The van der Waals surface area contributed by atoms with Crippen molar-refractivity contribution in [1.29, 1.82) is 0 Å². The van der Waals surface area contributed by atoms with Crippen LogP contribution in [0, 0.1) is 11.7 Å². The van der Waals surface area contributed by atoms with Crippen molar-refractivity contribution in [2.45, 2.75) is 25.7 Å². The lowest BCUT2D eigenvalue weighted by Crippen LogP contribution is -2.14. The Morgan fingerprint density at radius 2 is 2.12 bits per heavy atom. The van der Waals surface area contributed by atoms with Crippen molar-refractivity contribution in [2.75, 3.05) is 13.1 Å². The number of benzene rings is 1. The Morgan fingerprint density at radius 1 is 1.25 bits per heavy atom. The molecule has 1 saturated heterocycles. The number of rotatable bonds is 2. The third-order valence-electron chi connectivity index (χ3n) is 3.11. The Balaban J connectivity index is 0.00000128. The van der Waals surface area contributed by atoms with Crippen LogP contribution >= 0.6 is 12.4 Å². The highest BCUT2D eigenvalue weighted by Gasteiger charge is 2.12. The minimum atomic E-state index is -0.112. The third-order valence-corrected chi connectivity index (χ3v) is 3.11. The second-order valence-corrected chi connectivity index (χ2v) is 4.38. The third kappa shape index (κ3) is 4.11. The molecule has 2 rings (SSSR count). The molecule has 1 heterocycles. The first-order chi connectivity index (χ1) is 7.34. The normalized spacial score (nSPS) is 20.9. The highest BCUT2D eigenvalue weighted by Crippen LogP contribution is 2.19. The van der Waals surface area contributed by atoms with Crippen molar-refractivity contribution in [3.05, 3.63) is 35.6 Å². The first-order valence-electron chi connectivity index (χ1n) is 5.80. The summed E-state index contributed by atoms with van der Waals surface area (Å²) < 4.78 is 13.0. The monoisotopic (exact) mass is 243 g/mol. The van der Waals surface area contributed by atoms with Gasteiger partial charge in [-0.2, -0.15) is 0 Å². The molecule has 0 amide bonds. The van der Waals surface area contributed by atoms with Crippen molar-refractivity contribution < 1.29 is 4.39 Å². The van der Waals surface area contributed by atoms with Crippen molar-refractivity contribution in [2.24, 2.45) is 5.92 Å². The van der Waals surface area contributed by atoms with E-state index in [-0.39, 0.29) is 18.2 Å². The first-order valence-corrected chi connectivity index (χ1v) is 5.80. The smallest absolute Gasteiger partial charge is 0.123 e. The maximum absolute atomic E-state index is 13.0. The highest BCUT2D eigenvalue weighted by molar-refractivity contribution is 5.85. The fraction of sp³-hybridized carbons (Fsp3) is 0.538. The quantitative estimate of drug-likeness (QED) is 0.841. The summed E-state index contributed by atoms with van der Waals surface area (Å²) in [5, 5.41) is 3.40. The fourth-order valence-electron chi connectivity index (χ4n) is 2.29. The van der Waals surface area contributed by atoms with Crippen LogP contribution in [-0.2, 0) is 6.42 Å². The highest BCUT2D eigenvalue weighted by atomic mass is 35.5. The lowest BCUT2D eigenvalue weighted by Gasteiger charge is -2.13. The number of nitrogens with one attached hydrogen (secondary N) is 1. The Hall–Kier alpha value is -0.600. The van der Waals surface area contributed by atoms with Gasteiger partial charge in [-0.25, -0.2) is 4.39 Å². The summed E-state index contributed by atoms with van der Waals surface area (Å²) in [5.41, 5.74) is 1.14. The van der Waals surface area contributed by atoms with Crippen molar-refractivity contribution in [3.8, 4) is 0 Å². The molecule has 90 valence electrons. The summed E-state index contributed by atoms with van der Waals surface area (Å²) in [6, 6.07) is 7.01. The largest absolute Gasteiger partial charge is 0.317 e. The van der Waals surface area contributed by atoms with Crippen molar-refractivity contribution in [3.63, 3.8) is 0 Å². The summed E-state index contributed by atoms with van der Waals surface area (Å²) in [4.78, 5) is 0. The van der Waals surface area contributed by atoms with Crippen LogP contribution in [-0.4, -0.2) is 13.1 Å². The molecule has 1 aromatic rings. The number of halogens is 2. The Bertz CT molecular complexity index is 309. The zero-order valence-electron chi connectivity index (χ0n) is 9.42. The van der Waals surface area contributed by atoms with Gasteiger partial charge in [0.25, 0.3) is 0 Å². The van der Waals surface area contributed by atoms with Crippen LogP contribution in [0.25, 0.3) is 0 Å². The zero-order chi connectivity index (χ0) is 10.5. The molecule has 1 atom stereocenters. The second-order valence-electron chi connectivity index (χ2n) is 4.38. The standard InChI is InChI=1S/C13H18FN.ClH/c14-13-5-1-3-12(10-13)9-11-4-2-7-15-8-6-11;/h1,3,5,10-11,15H,2,4,6-9H2;1H. The molecule has 0 bridgehead atoms. The minimum Gasteiger partial charge on any atom is -0.317 e. The number of hydrogen-bond donors (Lipinski definition) is 1. The summed E-state index contributed by atoms with van der Waals surface area (Å²) in [6.45, 7) is 2.25. The Kier molecular flexibility index (Phi) is 5.78. The molecule has 1 aliphatic heterocycles. The van der Waals surface area contributed by atoms with E-state index in [1.807, 2.05) is 6.07 Å². The lowest BCUT2D eigenvalue weighted by molar-refractivity contribution is 0.468. The number of hydrogen-bond acceptors (Lipinski definition) is 1. The molecule has 0 aromatic heterocycles. The van der Waals surface area contributed by atoms with Crippen LogP contribution in [0.15, 0.2) is 24.3 Å². The molecule has 1 unspecified atom stereocenters. The Labute approximate surface area is 103 Å². The van der Waals surface area contributed by atoms with Crippen molar-refractivity contribution in [1.82, 2.24) is 5.32 Å². The molecule has 0 saturated carbocycles. The summed E-state index contributed by atoms with van der Waals surface area (Å²) in [5.74, 6) is 0.612. The van der Waals surface area contributed by atoms with Gasteiger partial charge in [0, 0.05) is 0 Å². The van der Waals surface area contributed by atoms with Crippen LogP contribution in [0.5, 0.6) is 0 Å². The average molecular weight is 244 g/mol. The van der Waals surface area contributed by atoms with Crippen LogP contribution in [0.1, 0.15) is 24.8 Å². The molecular formula is C13H19ClFN. The molecule has 16 heavy (non-hydrogen) atoms. The van der Waals surface area contributed by atoms with E-state index in [0.29, 0.717) is 0 Å². The second kappa shape index (κ2) is 6.87. The fourth-order valence-corrected chi connectivity index (χ4v) is 2.29. The van der Waals surface area contributed by atoms with E-state index in [1.165, 1.54) is 25.3 Å². The van der Waals surface area contributed by atoms with E-state index in [1.54, 1.807) is 12.1 Å². The molecule has 0 aliphatic carbocycles. The van der Waals surface area contributed by atoms with E-state index in [2.05, 4.69) is 5.32 Å². The van der Waals surface area contributed by atoms with Gasteiger partial charge in [-0.15, -0.1) is 12.4 Å². The lowest BCUT2D eigenvalue weighted by atomic mass is 9.93. The minimum absolute atomic E-state index is 0. The van der Waals surface area contributed by atoms with Gasteiger partial charge in [0.1, 0.15) is 5.82 Å². The van der Waals surface area contributed by atoms with Crippen molar-refractivity contribution >= 4 is 12.4 Å². The van der Waals surface area contributed by atoms with Gasteiger partial charge in [-0.3, -0.25) is 0 Å². The van der Waals surface area contributed by atoms with Crippen LogP contribution < -0.4 is 5.32 Å². The molecule has 1 fully saturated rings. The molecular weight excluding hydrogens is 225 g/mol. The van der Waals surface area contributed by atoms with E-state index in [4.69, 9.17) is 0 Å². The molecule has 0 radical (unpaired) electrons. The molecule has 1 N–H and O–H groups in total. The topological polar surface area (TPSA) is 12.0 Å². The van der Waals surface area contributed by atoms with E-state index in [9.17, 15) is 4.39 Å². The zero-order valence-corrected chi connectivity index (χ0v) is 10.2. The molecule has 1 aliphatic rings. The van der Waals surface area contributed by atoms with Crippen LogP contribution in [0.4, 0.5) is 4.39 Å². The van der Waals surface area contributed by atoms with Crippen LogP contribution in [0.2, 0.25) is 0 Å². The maximum Gasteiger partial charge on any atom is 0.123 e. The predicted octanol–water partition coefficient (Wildman–Crippen LogP) is 3.18. The van der Waals surface area contributed by atoms with E-state index in [0.717, 1.165) is 31.0 Å². The predicted molar refractivity (Wildman–Crippen MR) is 67.6 cm³/mol. The SMILES string of the molecule is Cl.Fc1cccc(CC2CCCNCC2)c1. The maximum atomic E-state index is 13.0. The van der Waals surface area contributed by atoms with Crippen LogP contribution in [0.3, 0.4) is 0 Å². The van der Waals surface area contributed by atoms with Gasteiger partial charge in [0.2, 0.25) is 0 Å². The van der Waals surface area contributed by atoms with Gasteiger partial charge in [0.15, 0.2) is 0 Å². The van der Waals surface area contributed by atoms with Gasteiger partial charge in [-0.1, -0.05) is 12.1 Å². The van der Waals surface area contributed by atoms with E-state index < -0.39 is 0 Å². The summed E-state index contributed by atoms with van der Waals surface area (Å²) >= 11 is 0. The van der Waals surface area contributed by atoms with E-state index >= 15 is 0 Å². The van der Waals surface area contributed by atoms with Gasteiger partial charge < -0.3 is 5.32 Å². The summed E-state index contributed by atoms with van der Waals surface area (Å²) in [7, 11) is 0. The molecule has 1 nitrogen and oxygen atoms in total. The summed E-state index contributed by atoms with van der Waals surface area (Å²) in [6.07, 6.45) is 4.76. The first kappa shape index (κ1) is 13.5. The molecule has 0 spiro atoms. The average Bonchev–Trinajstić information content (AvgIpc) is 2.46. The van der Waals surface area contributed by atoms with Gasteiger partial charge in [-0.05, 0) is 62.4 Å². The molecule has 1 aromatic carbocycles.